The number of carbonyl (C=O) groups is 1. The highest BCUT2D eigenvalue weighted by Gasteiger charge is 2.38. The second-order valence-electron chi connectivity index (χ2n) is 7.77. The summed E-state index contributed by atoms with van der Waals surface area (Å²) in [4.78, 5) is 15.1. The molecule has 3 rings (SSSR count). The van der Waals surface area contributed by atoms with E-state index in [1.807, 2.05) is 0 Å². The first-order valence-corrected chi connectivity index (χ1v) is 9.75. The lowest BCUT2D eigenvalue weighted by molar-refractivity contribution is -0.121. The maximum atomic E-state index is 12.4. The van der Waals surface area contributed by atoms with Gasteiger partial charge in [0.15, 0.2) is 0 Å². The Morgan fingerprint density at radius 2 is 1.62 bits per heavy atom. The minimum Gasteiger partial charge on any atom is -0.354 e. The van der Waals surface area contributed by atoms with Gasteiger partial charge in [0.05, 0.1) is 6.42 Å². The van der Waals surface area contributed by atoms with Crippen molar-refractivity contribution in [2.75, 3.05) is 19.6 Å². The summed E-state index contributed by atoms with van der Waals surface area (Å²) in [5.41, 5.74) is 2.57. The molecule has 1 aliphatic heterocycles. The van der Waals surface area contributed by atoms with E-state index in [1.54, 1.807) is 0 Å². The number of carbonyl (C=O) groups excluding carboxylic acids is 1. The summed E-state index contributed by atoms with van der Waals surface area (Å²) in [6.07, 6.45) is 11.0. The molecule has 1 aromatic rings. The third-order valence-electron chi connectivity index (χ3n) is 5.91. The molecule has 0 spiro atoms. The maximum Gasteiger partial charge on any atom is 0.224 e. The third kappa shape index (κ3) is 4.38. The lowest BCUT2D eigenvalue weighted by atomic mass is 9.79. The number of benzene rings is 1. The van der Waals surface area contributed by atoms with E-state index in [1.165, 1.54) is 70.0 Å². The monoisotopic (exact) mass is 328 g/mol. The predicted octanol–water partition coefficient (Wildman–Crippen LogP) is 3.84. The second kappa shape index (κ2) is 8.15. The molecule has 1 amide bonds. The van der Waals surface area contributed by atoms with E-state index in [9.17, 15) is 4.79 Å². The number of hydrogen-bond donors (Lipinski definition) is 1. The summed E-state index contributed by atoms with van der Waals surface area (Å²) in [6.45, 7) is 5.34. The van der Waals surface area contributed by atoms with Crippen molar-refractivity contribution in [1.82, 2.24) is 10.2 Å². The van der Waals surface area contributed by atoms with Gasteiger partial charge in [-0.1, -0.05) is 55.5 Å². The first-order valence-electron chi connectivity index (χ1n) is 9.75. The fourth-order valence-corrected chi connectivity index (χ4v) is 4.40. The molecule has 1 saturated heterocycles. The molecule has 3 heteroatoms. The first-order chi connectivity index (χ1) is 11.7. The van der Waals surface area contributed by atoms with Gasteiger partial charge in [0.1, 0.15) is 0 Å². The minimum atomic E-state index is 0.167. The molecule has 132 valence electrons. The Morgan fingerprint density at radius 3 is 2.29 bits per heavy atom. The molecule has 0 atom stereocenters. The molecule has 0 bridgehead atoms. The Kier molecular flexibility index (Phi) is 5.94. The highest BCUT2D eigenvalue weighted by atomic mass is 16.1. The van der Waals surface area contributed by atoms with Crippen LogP contribution < -0.4 is 5.32 Å². The molecular formula is C21H32N2O. The molecule has 0 aromatic heterocycles. The zero-order valence-corrected chi connectivity index (χ0v) is 15.2. The standard InChI is InChI=1S/C21H32N2O/c1-18-8-10-19(11-9-18)16-20(24)22-17-21(12-4-2-5-13-21)23-14-6-3-7-15-23/h8-11H,2-7,12-17H2,1H3,(H,22,24). The summed E-state index contributed by atoms with van der Waals surface area (Å²) in [6, 6.07) is 8.30. The number of aryl methyl sites for hydroxylation is 1. The van der Waals surface area contributed by atoms with E-state index in [2.05, 4.69) is 41.4 Å². The van der Waals surface area contributed by atoms with Crippen LogP contribution in [0.4, 0.5) is 0 Å². The fourth-order valence-electron chi connectivity index (χ4n) is 4.40. The molecule has 1 heterocycles. The summed E-state index contributed by atoms with van der Waals surface area (Å²) in [7, 11) is 0. The Morgan fingerprint density at radius 1 is 1.00 bits per heavy atom. The predicted molar refractivity (Wildman–Crippen MR) is 99.1 cm³/mol. The number of hydrogen-bond acceptors (Lipinski definition) is 2. The maximum absolute atomic E-state index is 12.4. The average molecular weight is 329 g/mol. The van der Waals surface area contributed by atoms with Gasteiger partial charge in [-0.3, -0.25) is 9.69 Å². The Hall–Kier alpha value is -1.35. The van der Waals surface area contributed by atoms with Crippen molar-refractivity contribution < 1.29 is 4.79 Å². The highest BCUT2D eigenvalue weighted by Crippen LogP contribution is 2.35. The van der Waals surface area contributed by atoms with E-state index in [0.717, 1.165) is 12.1 Å². The quantitative estimate of drug-likeness (QED) is 0.890. The van der Waals surface area contributed by atoms with Crippen molar-refractivity contribution in [3.8, 4) is 0 Å². The average Bonchev–Trinajstić information content (AvgIpc) is 2.63. The first kappa shape index (κ1) is 17.5. The van der Waals surface area contributed by atoms with E-state index < -0.39 is 0 Å². The second-order valence-corrected chi connectivity index (χ2v) is 7.77. The number of likely N-dealkylation sites (tertiary alicyclic amines) is 1. The highest BCUT2D eigenvalue weighted by molar-refractivity contribution is 5.78. The molecule has 24 heavy (non-hydrogen) atoms. The van der Waals surface area contributed by atoms with Gasteiger partial charge in [-0.15, -0.1) is 0 Å². The number of piperidine rings is 1. The molecule has 2 aliphatic rings. The van der Waals surface area contributed by atoms with E-state index in [-0.39, 0.29) is 11.4 Å². The number of nitrogens with one attached hydrogen (secondary N) is 1. The van der Waals surface area contributed by atoms with Gasteiger partial charge in [-0.05, 0) is 51.3 Å². The normalized spacial score (nSPS) is 21.4. The smallest absolute Gasteiger partial charge is 0.224 e. The van der Waals surface area contributed by atoms with E-state index >= 15 is 0 Å². The van der Waals surface area contributed by atoms with Crippen LogP contribution in [0.3, 0.4) is 0 Å². The number of nitrogens with zero attached hydrogens (tertiary/aromatic N) is 1. The van der Waals surface area contributed by atoms with Crippen molar-refractivity contribution >= 4 is 5.91 Å². The lowest BCUT2D eigenvalue weighted by Gasteiger charge is -2.48. The van der Waals surface area contributed by atoms with Crippen LogP contribution in [0.1, 0.15) is 62.5 Å². The van der Waals surface area contributed by atoms with Crippen molar-refractivity contribution in [2.24, 2.45) is 0 Å². The largest absolute Gasteiger partial charge is 0.354 e. The zero-order valence-electron chi connectivity index (χ0n) is 15.2. The molecule has 0 unspecified atom stereocenters. The number of amides is 1. The summed E-state index contributed by atoms with van der Waals surface area (Å²) >= 11 is 0. The van der Waals surface area contributed by atoms with Crippen molar-refractivity contribution in [3.63, 3.8) is 0 Å². The Labute approximate surface area is 146 Å². The SMILES string of the molecule is Cc1ccc(CC(=O)NCC2(N3CCCCC3)CCCCC2)cc1. The van der Waals surface area contributed by atoms with E-state index in [0.29, 0.717) is 6.42 Å². The molecule has 1 N–H and O–H groups in total. The topological polar surface area (TPSA) is 32.3 Å². The van der Waals surface area contributed by atoms with Crippen molar-refractivity contribution in [1.29, 1.82) is 0 Å². The molecule has 0 radical (unpaired) electrons. The zero-order chi connectivity index (χ0) is 16.8. The Balaban J connectivity index is 1.58. The Bertz CT molecular complexity index is 525. The van der Waals surface area contributed by atoms with Crippen LogP contribution in [0.15, 0.2) is 24.3 Å². The lowest BCUT2D eigenvalue weighted by Crippen LogP contribution is -2.58. The van der Waals surface area contributed by atoms with Crippen LogP contribution in [-0.4, -0.2) is 36.0 Å². The van der Waals surface area contributed by atoms with Crippen LogP contribution in [-0.2, 0) is 11.2 Å². The van der Waals surface area contributed by atoms with Crippen molar-refractivity contribution in [2.45, 2.75) is 70.3 Å². The van der Waals surface area contributed by atoms with E-state index in [4.69, 9.17) is 0 Å². The summed E-state index contributed by atoms with van der Waals surface area (Å²) in [5.74, 6) is 0.167. The van der Waals surface area contributed by atoms with Crippen LogP contribution in [0, 0.1) is 6.92 Å². The van der Waals surface area contributed by atoms with Crippen LogP contribution in [0.25, 0.3) is 0 Å². The minimum absolute atomic E-state index is 0.167. The number of rotatable bonds is 5. The van der Waals surface area contributed by atoms with Gasteiger partial charge in [0, 0.05) is 12.1 Å². The van der Waals surface area contributed by atoms with Crippen LogP contribution >= 0.6 is 0 Å². The summed E-state index contributed by atoms with van der Waals surface area (Å²) < 4.78 is 0. The fraction of sp³-hybridized carbons (Fsp3) is 0.667. The van der Waals surface area contributed by atoms with Gasteiger partial charge in [-0.2, -0.15) is 0 Å². The molecule has 3 nitrogen and oxygen atoms in total. The molecular weight excluding hydrogens is 296 g/mol. The third-order valence-corrected chi connectivity index (χ3v) is 5.91. The van der Waals surface area contributed by atoms with Gasteiger partial charge in [0.2, 0.25) is 5.91 Å². The molecule has 1 saturated carbocycles. The van der Waals surface area contributed by atoms with Gasteiger partial charge < -0.3 is 5.32 Å². The van der Waals surface area contributed by atoms with Crippen LogP contribution in [0.5, 0.6) is 0 Å². The molecule has 2 fully saturated rings. The van der Waals surface area contributed by atoms with Gasteiger partial charge in [-0.25, -0.2) is 0 Å². The summed E-state index contributed by atoms with van der Waals surface area (Å²) in [5, 5.41) is 3.27. The van der Waals surface area contributed by atoms with Crippen LogP contribution in [0.2, 0.25) is 0 Å². The van der Waals surface area contributed by atoms with Gasteiger partial charge in [0.25, 0.3) is 0 Å². The molecule has 1 aliphatic carbocycles. The van der Waals surface area contributed by atoms with Gasteiger partial charge >= 0.3 is 0 Å². The molecule has 1 aromatic carbocycles. The van der Waals surface area contributed by atoms with Crippen molar-refractivity contribution in [3.05, 3.63) is 35.4 Å².